The maximum atomic E-state index is 14.1. The molecule has 58 heavy (non-hydrogen) atoms. The van der Waals surface area contributed by atoms with Crippen molar-refractivity contribution in [2.75, 3.05) is 25.5 Å². The zero-order valence-corrected chi connectivity index (χ0v) is 31.2. The van der Waals surface area contributed by atoms with Crippen molar-refractivity contribution in [1.29, 1.82) is 0 Å². The molecular weight excluding hydrogens is 805 g/mol. The summed E-state index contributed by atoms with van der Waals surface area (Å²) in [5.74, 6) is -4.01. The number of phenolic OH excluding ortho intramolecular Hbond substituents is 1. The summed E-state index contributed by atoms with van der Waals surface area (Å²) in [7, 11) is -2.47. The van der Waals surface area contributed by atoms with Crippen LogP contribution in [0.4, 0.5) is 41.2 Å². The maximum Gasteiger partial charge on any atom is 0.496 e. The van der Waals surface area contributed by atoms with Crippen molar-refractivity contribution in [1.82, 2.24) is 0 Å². The van der Waals surface area contributed by atoms with E-state index in [-0.39, 0.29) is 29.4 Å². The minimum atomic E-state index is -5.08. The summed E-state index contributed by atoms with van der Waals surface area (Å²) in [4.78, 5) is 35.5. The molecule has 0 radical (unpaired) electrons. The van der Waals surface area contributed by atoms with Crippen LogP contribution in [-0.4, -0.2) is 83.7 Å². The number of carboxylic acid groups (broad SMARTS) is 1. The van der Waals surface area contributed by atoms with E-state index >= 15 is 0 Å². The first-order valence-electron chi connectivity index (χ1n) is 17.1. The molecule has 1 aliphatic heterocycles. The molecule has 5 N–H and O–H groups in total. The van der Waals surface area contributed by atoms with Crippen LogP contribution in [0.25, 0.3) is 0 Å². The summed E-state index contributed by atoms with van der Waals surface area (Å²) in [6.45, 7) is 1.67. The van der Waals surface area contributed by atoms with Crippen molar-refractivity contribution in [2.24, 2.45) is 5.73 Å². The number of aliphatic carboxylic acids is 1. The minimum absolute atomic E-state index is 0.0269. The number of halogens is 7. The van der Waals surface area contributed by atoms with Gasteiger partial charge in [0.05, 0.1) is 19.2 Å². The molecule has 4 aromatic carbocycles. The Morgan fingerprint density at radius 3 is 1.95 bits per heavy atom. The van der Waals surface area contributed by atoms with Gasteiger partial charge in [-0.25, -0.2) is 14.5 Å². The highest BCUT2D eigenvalue weighted by Gasteiger charge is 2.40. The number of nitrogens with one attached hydrogen (secondary N) is 1. The van der Waals surface area contributed by atoms with Gasteiger partial charge in [0.2, 0.25) is 0 Å². The summed E-state index contributed by atoms with van der Waals surface area (Å²) in [5.41, 5.74) is 7.32. The van der Waals surface area contributed by atoms with Gasteiger partial charge in [-0.15, -0.1) is 0 Å². The largest absolute Gasteiger partial charge is 0.508 e. The standard InChI is InChI=1S/C36H34F4N4O6S.C2HF3O2/c1-44(22-25-4-10-27(37)11-5-25)20-2-3-29(23-44)43(33(34(41)46)21-24-6-14-30(45)15-7-24)35(47)42-28-12-16-31(17-13-28)50-51(48,49)32-18-8-26(9-19-32)36(38,39)40;3-2(4,5)1(6)7/h4-19,33H,2-3,20-23H2,1H3,(H2-2,41,42,45,46,47);(H,6,7)/p+2/b43-29-;/t33-,44?;/m0./s1. The van der Waals surface area contributed by atoms with Crippen molar-refractivity contribution in [3.63, 3.8) is 0 Å². The molecule has 12 nitrogen and oxygen atoms in total. The number of benzene rings is 4. The molecule has 1 saturated heterocycles. The SMILES string of the molecule is C[N+]1(Cc2ccc(F)cc2)CCC/C(=[N+](/C(=O)Nc2ccc(OS(=O)(=O)c3ccc(C(F)(F)F)cc3)cc2)[C@@H](Cc2ccc(O)cc2)C(N)=O)C1.O=C(O)C(F)(F)F. The van der Waals surface area contributed by atoms with Crippen LogP contribution < -0.4 is 15.2 Å². The van der Waals surface area contributed by atoms with Gasteiger partial charge < -0.3 is 24.6 Å². The minimum Gasteiger partial charge on any atom is -0.508 e. The number of carbonyl (C=O) groups is 3. The molecule has 0 bridgehead atoms. The number of nitrogens with zero attached hydrogens (tertiary/aromatic N) is 2. The number of urea groups is 1. The third-order valence-electron chi connectivity index (χ3n) is 8.79. The number of nitrogens with two attached hydrogens (primary N) is 1. The number of alkyl halides is 6. The average molecular weight is 843 g/mol. The van der Waals surface area contributed by atoms with Crippen LogP contribution in [0, 0.1) is 5.82 Å². The molecule has 4 aromatic rings. The Hall–Kier alpha value is -6.02. The topological polar surface area (TPSA) is 176 Å². The van der Waals surface area contributed by atoms with E-state index in [1.165, 1.54) is 53.1 Å². The molecule has 0 spiro atoms. The van der Waals surface area contributed by atoms with Gasteiger partial charge >= 0.3 is 34.5 Å². The Labute approximate surface area is 327 Å². The molecule has 1 heterocycles. The van der Waals surface area contributed by atoms with Crippen LogP contribution in [0.5, 0.6) is 11.5 Å². The molecule has 5 rings (SSSR count). The normalized spacial score (nSPS) is 17.2. The fourth-order valence-electron chi connectivity index (χ4n) is 6.07. The first kappa shape index (κ1) is 44.7. The predicted molar refractivity (Wildman–Crippen MR) is 194 cm³/mol. The summed E-state index contributed by atoms with van der Waals surface area (Å²) in [6.07, 6.45) is -8.51. The lowest BCUT2D eigenvalue weighted by Gasteiger charge is -2.38. The van der Waals surface area contributed by atoms with Gasteiger partial charge in [-0.3, -0.25) is 4.79 Å². The molecule has 310 valence electrons. The van der Waals surface area contributed by atoms with E-state index in [2.05, 4.69) is 5.32 Å². The fraction of sp³-hybridized carbons (Fsp3) is 0.263. The maximum absolute atomic E-state index is 14.1. The summed E-state index contributed by atoms with van der Waals surface area (Å²) in [5, 5.41) is 19.6. The lowest BCUT2D eigenvalue weighted by atomic mass is 10.0. The number of aromatic hydroxyl groups is 1. The Balaban J connectivity index is 0.000000973. The molecule has 1 fully saturated rings. The van der Waals surface area contributed by atoms with E-state index in [1.54, 1.807) is 24.3 Å². The lowest BCUT2D eigenvalue weighted by molar-refractivity contribution is -0.918. The molecule has 3 amide bonds. The number of hydrogen-bond donors (Lipinski definition) is 4. The molecule has 0 aliphatic carbocycles. The van der Waals surface area contributed by atoms with Crippen LogP contribution >= 0.6 is 0 Å². The lowest BCUT2D eigenvalue weighted by Crippen LogP contribution is -2.56. The van der Waals surface area contributed by atoms with Gasteiger partial charge in [-0.2, -0.15) is 44.1 Å². The van der Waals surface area contributed by atoms with E-state index in [0.29, 0.717) is 53.8 Å². The Kier molecular flexibility index (Phi) is 13.9. The van der Waals surface area contributed by atoms with Crippen LogP contribution in [-0.2, 0) is 38.8 Å². The molecule has 1 aliphatic rings. The number of hydrogen-bond acceptors (Lipinski definition) is 7. The van der Waals surface area contributed by atoms with Crippen LogP contribution in [0.15, 0.2) is 102 Å². The second-order valence-electron chi connectivity index (χ2n) is 13.4. The van der Waals surface area contributed by atoms with Crippen molar-refractivity contribution in [2.45, 2.75) is 49.1 Å². The molecule has 0 aromatic heterocycles. The predicted octanol–water partition coefficient (Wildman–Crippen LogP) is 6.47. The second kappa shape index (κ2) is 18.1. The van der Waals surface area contributed by atoms with Gasteiger partial charge in [0.25, 0.3) is 5.91 Å². The molecule has 20 heteroatoms. The van der Waals surface area contributed by atoms with Crippen LogP contribution in [0.1, 0.15) is 29.5 Å². The Morgan fingerprint density at radius 1 is 0.879 bits per heavy atom. The number of amides is 3. The number of phenols is 1. The average Bonchev–Trinajstić information content (AvgIpc) is 3.13. The molecular formula is C38H37F7N4O8S+2. The van der Waals surface area contributed by atoms with Crippen molar-refractivity contribution < 1.29 is 77.0 Å². The highest BCUT2D eigenvalue weighted by Crippen LogP contribution is 2.30. The van der Waals surface area contributed by atoms with Crippen molar-refractivity contribution in [3.8, 4) is 11.5 Å². The Bertz CT molecular complexity index is 2230. The molecule has 1 unspecified atom stereocenters. The van der Waals surface area contributed by atoms with E-state index in [1.807, 2.05) is 7.05 Å². The van der Waals surface area contributed by atoms with E-state index in [4.69, 9.17) is 19.8 Å². The molecule has 2 atom stereocenters. The van der Waals surface area contributed by atoms with Gasteiger partial charge in [0.1, 0.15) is 46.7 Å². The number of likely N-dealkylation sites (tertiary alicyclic amines) is 1. The number of carboxylic acids is 1. The monoisotopic (exact) mass is 842 g/mol. The zero-order chi connectivity index (χ0) is 43.1. The third-order valence-corrected chi connectivity index (χ3v) is 10.1. The fourth-order valence-corrected chi connectivity index (χ4v) is 7.00. The van der Waals surface area contributed by atoms with Gasteiger partial charge in [0.15, 0.2) is 6.04 Å². The number of carbonyl (C=O) groups excluding carboxylic acids is 2. The van der Waals surface area contributed by atoms with E-state index in [0.717, 1.165) is 24.2 Å². The number of quaternary nitrogens is 1. The Morgan fingerprint density at radius 2 is 1.43 bits per heavy atom. The highest BCUT2D eigenvalue weighted by molar-refractivity contribution is 7.87. The number of piperidine rings is 1. The number of anilines is 1. The van der Waals surface area contributed by atoms with E-state index < -0.39 is 56.9 Å². The number of primary amides is 1. The summed E-state index contributed by atoms with van der Waals surface area (Å²) < 4.78 is 116. The van der Waals surface area contributed by atoms with E-state index in [9.17, 15) is 53.8 Å². The number of rotatable bonds is 10. The van der Waals surface area contributed by atoms with Crippen molar-refractivity contribution in [3.05, 3.63) is 120 Å². The van der Waals surface area contributed by atoms with Gasteiger partial charge in [0, 0.05) is 24.8 Å². The summed E-state index contributed by atoms with van der Waals surface area (Å²) in [6, 6.07) is 18.7. The molecule has 0 saturated carbocycles. The summed E-state index contributed by atoms with van der Waals surface area (Å²) >= 11 is 0. The second-order valence-corrected chi connectivity index (χ2v) is 15.0. The van der Waals surface area contributed by atoms with Gasteiger partial charge in [-0.1, -0.05) is 24.3 Å². The van der Waals surface area contributed by atoms with Crippen LogP contribution in [0.2, 0.25) is 0 Å². The quantitative estimate of drug-likeness (QED) is 0.0608. The van der Waals surface area contributed by atoms with Crippen LogP contribution in [0.3, 0.4) is 0 Å². The van der Waals surface area contributed by atoms with Crippen molar-refractivity contribution >= 4 is 39.4 Å². The third kappa shape index (κ3) is 12.5. The highest BCUT2D eigenvalue weighted by atomic mass is 32.2. The zero-order valence-electron chi connectivity index (χ0n) is 30.4. The first-order valence-corrected chi connectivity index (χ1v) is 18.5. The first-order chi connectivity index (χ1) is 27.0. The van der Waals surface area contributed by atoms with Gasteiger partial charge in [-0.05, 0) is 78.4 Å². The smallest absolute Gasteiger partial charge is 0.496 e.